The summed E-state index contributed by atoms with van der Waals surface area (Å²) in [6.45, 7) is 0.372. The number of fused-ring (bicyclic) bond motifs is 1. The molecule has 0 fully saturated rings. The summed E-state index contributed by atoms with van der Waals surface area (Å²) in [5, 5.41) is 2.48. The van der Waals surface area contributed by atoms with Gasteiger partial charge in [0.2, 0.25) is 5.91 Å². The second kappa shape index (κ2) is 7.47. The number of rotatable bonds is 6. The van der Waals surface area contributed by atoms with Gasteiger partial charge in [-0.05, 0) is 30.0 Å². The Balaban J connectivity index is 1.69. The lowest BCUT2D eigenvalue weighted by molar-refractivity contribution is -0.118. The summed E-state index contributed by atoms with van der Waals surface area (Å²) in [4.78, 5) is 16.6. The van der Waals surface area contributed by atoms with Crippen molar-refractivity contribution in [3.8, 4) is 0 Å². The van der Waals surface area contributed by atoms with Crippen LogP contribution in [0.25, 0.3) is 6.08 Å². The Kier molecular flexibility index (Phi) is 5.31. The molecule has 25 heavy (non-hydrogen) atoms. The molecule has 0 radical (unpaired) electrons. The largest absolute Gasteiger partial charge is 0.378 e. The summed E-state index contributed by atoms with van der Waals surface area (Å²) in [5.41, 5.74) is 2.53. The third-order valence-electron chi connectivity index (χ3n) is 3.81. The number of aromatic nitrogens is 1. The predicted molar refractivity (Wildman–Crippen MR) is 96.3 cm³/mol. The Labute approximate surface area is 150 Å². The van der Waals surface area contributed by atoms with Crippen molar-refractivity contribution in [2.45, 2.75) is 25.9 Å². The molecular formula is C17H18N2O4S2. The number of hydrogen-bond donors (Lipinski definition) is 1. The third-order valence-corrected chi connectivity index (χ3v) is 6.19. The van der Waals surface area contributed by atoms with E-state index in [-0.39, 0.29) is 11.3 Å². The van der Waals surface area contributed by atoms with Crippen molar-refractivity contribution < 1.29 is 17.9 Å². The zero-order valence-electron chi connectivity index (χ0n) is 13.7. The summed E-state index contributed by atoms with van der Waals surface area (Å²) in [5.74, 6) is -0.589. The molecule has 0 unspecified atom stereocenters. The quantitative estimate of drug-likeness (QED) is 0.833. The number of benzene rings is 1. The minimum absolute atomic E-state index is 0.0800. The molecule has 0 aliphatic heterocycles. The molecule has 2 aromatic rings. The molecule has 0 spiro atoms. The zero-order chi connectivity index (χ0) is 17.9. The highest BCUT2D eigenvalue weighted by molar-refractivity contribution is 7.94. The molecule has 1 N–H and O–H groups in total. The number of methoxy groups -OCH3 is 1. The van der Waals surface area contributed by atoms with Crippen LogP contribution in [0.15, 0.2) is 34.6 Å². The molecule has 1 aliphatic rings. The van der Waals surface area contributed by atoms with Gasteiger partial charge in [0.1, 0.15) is 5.01 Å². The molecule has 0 atom stereocenters. The number of ether oxygens (including phenoxy) is 1. The number of aryl methyl sites for hydroxylation is 1. The van der Waals surface area contributed by atoms with Gasteiger partial charge in [-0.25, -0.2) is 18.1 Å². The van der Waals surface area contributed by atoms with Crippen LogP contribution in [0.3, 0.4) is 0 Å². The highest BCUT2D eigenvalue weighted by Gasteiger charge is 2.24. The van der Waals surface area contributed by atoms with Gasteiger partial charge in [-0.1, -0.05) is 24.3 Å². The van der Waals surface area contributed by atoms with Crippen LogP contribution < -0.4 is 4.72 Å². The van der Waals surface area contributed by atoms with E-state index >= 15 is 0 Å². The lowest BCUT2D eigenvalue weighted by Crippen LogP contribution is -2.33. The average Bonchev–Trinajstić information content (AvgIpc) is 3.01. The topological polar surface area (TPSA) is 85.4 Å². The number of sulfonamides is 1. The molecule has 0 bridgehead atoms. The monoisotopic (exact) mass is 378 g/mol. The molecular weight excluding hydrogens is 360 g/mol. The molecule has 8 heteroatoms. The van der Waals surface area contributed by atoms with Crippen LogP contribution >= 0.6 is 11.3 Å². The number of nitrogens with one attached hydrogen (secondary N) is 1. The lowest BCUT2D eigenvalue weighted by atomic mass is 9.98. The predicted octanol–water partition coefficient (Wildman–Crippen LogP) is 2.27. The molecule has 1 heterocycles. The number of hydrogen-bond acceptors (Lipinski definition) is 6. The fourth-order valence-corrected chi connectivity index (χ4v) is 4.57. The van der Waals surface area contributed by atoms with Crippen molar-refractivity contribution in [2.24, 2.45) is 0 Å². The van der Waals surface area contributed by atoms with Crippen molar-refractivity contribution in [1.29, 1.82) is 0 Å². The molecule has 6 nitrogen and oxygen atoms in total. The van der Waals surface area contributed by atoms with E-state index in [2.05, 4.69) is 9.71 Å². The van der Waals surface area contributed by atoms with E-state index in [1.165, 1.54) is 11.3 Å². The van der Waals surface area contributed by atoms with Crippen molar-refractivity contribution in [2.75, 3.05) is 7.11 Å². The minimum Gasteiger partial charge on any atom is -0.378 e. The van der Waals surface area contributed by atoms with Crippen molar-refractivity contribution >= 4 is 33.3 Å². The highest BCUT2D eigenvalue weighted by atomic mass is 32.2. The molecule has 0 saturated carbocycles. The first-order chi connectivity index (χ1) is 12.0. The third kappa shape index (κ3) is 4.33. The summed E-state index contributed by atoms with van der Waals surface area (Å²) in [6.07, 6.45) is 2.58. The number of thiazole rings is 1. The summed E-state index contributed by atoms with van der Waals surface area (Å²) in [6, 6.07) is 7.65. The van der Waals surface area contributed by atoms with Gasteiger partial charge in [0.15, 0.2) is 0 Å². The van der Waals surface area contributed by atoms with E-state index in [0.717, 1.165) is 16.1 Å². The van der Waals surface area contributed by atoms with Crippen LogP contribution in [-0.2, 0) is 39.0 Å². The van der Waals surface area contributed by atoms with Crippen molar-refractivity contribution in [3.63, 3.8) is 0 Å². The van der Waals surface area contributed by atoms with Crippen LogP contribution in [0.5, 0.6) is 0 Å². The Morgan fingerprint density at radius 1 is 1.32 bits per heavy atom. The van der Waals surface area contributed by atoms with Crippen LogP contribution in [0.1, 0.15) is 28.2 Å². The number of allylic oxidation sites excluding steroid dienone is 1. The fourth-order valence-electron chi connectivity index (χ4n) is 2.65. The Morgan fingerprint density at radius 2 is 2.12 bits per heavy atom. The smallest absolute Gasteiger partial charge is 0.260 e. The minimum atomic E-state index is -3.84. The SMILES string of the molecule is COCc1nc(CC(=O)NS(=O)(=O)C2=Cc3ccccc3CC2)cs1. The number of carbonyl (C=O) groups is 1. The van der Waals surface area contributed by atoms with Gasteiger partial charge < -0.3 is 4.74 Å². The van der Waals surface area contributed by atoms with Gasteiger partial charge in [0, 0.05) is 12.5 Å². The molecule has 0 saturated heterocycles. The van der Waals surface area contributed by atoms with Gasteiger partial charge in [-0.3, -0.25) is 4.79 Å². The first-order valence-electron chi connectivity index (χ1n) is 7.74. The van der Waals surface area contributed by atoms with E-state index in [9.17, 15) is 13.2 Å². The van der Waals surface area contributed by atoms with Gasteiger partial charge >= 0.3 is 0 Å². The first kappa shape index (κ1) is 17.8. The molecule has 1 amide bonds. The fraction of sp³-hybridized carbons (Fsp3) is 0.294. The maximum absolute atomic E-state index is 12.5. The van der Waals surface area contributed by atoms with Crippen LogP contribution in [0.4, 0.5) is 0 Å². The van der Waals surface area contributed by atoms with Crippen LogP contribution in [0, 0.1) is 0 Å². The molecule has 1 aromatic heterocycles. The van der Waals surface area contributed by atoms with E-state index in [0.29, 0.717) is 25.1 Å². The van der Waals surface area contributed by atoms with E-state index in [4.69, 9.17) is 4.74 Å². The van der Waals surface area contributed by atoms with Gasteiger partial charge in [0.05, 0.1) is 23.6 Å². The van der Waals surface area contributed by atoms with Crippen LogP contribution in [-0.4, -0.2) is 26.4 Å². The standard InChI is InChI=1S/C17H18N2O4S2/c1-23-10-17-18-14(11-24-17)9-16(20)19-25(21,22)15-7-6-12-4-2-3-5-13(12)8-15/h2-5,8,11H,6-7,9-10H2,1H3,(H,19,20). The lowest BCUT2D eigenvalue weighted by Gasteiger charge is -2.16. The molecule has 1 aliphatic carbocycles. The second-order valence-electron chi connectivity index (χ2n) is 5.68. The maximum atomic E-state index is 12.5. The zero-order valence-corrected chi connectivity index (χ0v) is 15.3. The van der Waals surface area contributed by atoms with Crippen molar-refractivity contribution in [3.05, 3.63) is 56.4 Å². The Bertz CT molecular complexity index is 916. The number of amides is 1. The number of nitrogens with zero attached hydrogens (tertiary/aromatic N) is 1. The van der Waals surface area contributed by atoms with Crippen LogP contribution in [0.2, 0.25) is 0 Å². The van der Waals surface area contributed by atoms with Gasteiger partial charge in [-0.15, -0.1) is 11.3 Å². The molecule has 132 valence electrons. The van der Waals surface area contributed by atoms with Crippen molar-refractivity contribution in [1.82, 2.24) is 9.71 Å². The average molecular weight is 378 g/mol. The number of carbonyl (C=O) groups excluding carboxylic acids is 1. The maximum Gasteiger partial charge on any atom is 0.260 e. The molecule has 1 aromatic carbocycles. The van der Waals surface area contributed by atoms with E-state index < -0.39 is 15.9 Å². The van der Waals surface area contributed by atoms with Gasteiger partial charge in [-0.2, -0.15) is 0 Å². The van der Waals surface area contributed by atoms with E-state index in [1.54, 1.807) is 18.6 Å². The highest BCUT2D eigenvalue weighted by Crippen LogP contribution is 2.26. The Hall–Kier alpha value is -2.03. The first-order valence-corrected chi connectivity index (χ1v) is 10.1. The Morgan fingerprint density at radius 3 is 2.92 bits per heavy atom. The van der Waals surface area contributed by atoms with E-state index in [1.807, 2.05) is 24.3 Å². The summed E-state index contributed by atoms with van der Waals surface area (Å²) >= 11 is 1.38. The normalized spacial score (nSPS) is 13.9. The second-order valence-corrected chi connectivity index (χ2v) is 8.36. The van der Waals surface area contributed by atoms with Gasteiger partial charge in [0.25, 0.3) is 10.0 Å². The summed E-state index contributed by atoms with van der Waals surface area (Å²) < 4.78 is 32.1. The summed E-state index contributed by atoms with van der Waals surface area (Å²) in [7, 11) is -2.27. The molecule has 3 rings (SSSR count).